The van der Waals surface area contributed by atoms with Crippen molar-refractivity contribution in [1.82, 2.24) is 33.9 Å². The third-order valence-corrected chi connectivity index (χ3v) is 7.86. The zero-order valence-electron chi connectivity index (χ0n) is 23.8. The number of ether oxygens (including phenoxy) is 1. The summed E-state index contributed by atoms with van der Waals surface area (Å²) in [5.41, 5.74) is 0.796. The maximum atomic E-state index is 14.5. The second-order valence-corrected chi connectivity index (χ2v) is 11.4. The fourth-order valence-electron chi connectivity index (χ4n) is 4.88. The van der Waals surface area contributed by atoms with Crippen molar-refractivity contribution in [2.45, 2.75) is 32.0 Å². The van der Waals surface area contributed by atoms with Crippen molar-refractivity contribution in [2.24, 2.45) is 0 Å². The van der Waals surface area contributed by atoms with Crippen LogP contribution in [0.25, 0.3) is 18.3 Å². The molecular formula is C29H33ClFN9O3. The molecule has 1 aromatic carbocycles. The van der Waals surface area contributed by atoms with Gasteiger partial charge >= 0.3 is 11.7 Å². The molecule has 3 N–H and O–H groups in total. The number of halogens is 2. The molecule has 2 fully saturated rings. The quantitative estimate of drug-likeness (QED) is 0.231. The average molecular weight is 610 g/mol. The number of nitrogens with zero attached hydrogens (tertiary/aromatic N) is 6. The summed E-state index contributed by atoms with van der Waals surface area (Å²) in [4.78, 5) is 37.1. The van der Waals surface area contributed by atoms with E-state index < -0.39 is 11.5 Å². The number of carbonyl (C=O) groups excluding carboxylic acids is 1. The third-order valence-electron chi connectivity index (χ3n) is 7.63. The molecule has 6 rings (SSSR count). The molecule has 2 aliphatic rings. The highest BCUT2D eigenvalue weighted by Crippen LogP contribution is 2.29. The molecule has 226 valence electrons. The minimum atomic E-state index is -0.469. The van der Waals surface area contributed by atoms with Crippen LogP contribution in [0.5, 0.6) is 0 Å². The lowest BCUT2D eigenvalue weighted by atomic mass is 10.3. The van der Waals surface area contributed by atoms with E-state index in [-0.39, 0.29) is 24.8 Å². The van der Waals surface area contributed by atoms with E-state index in [9.17, 15) is 14.0 Å². The lowest BCUT2D eigenvalue weighted by Gasteiger charge is -2.31. The Bertz CT molecular complexity index is 1820. The van der Waals surface area contributed by atoms with E-state index >= 15 is 0 Å². The molecule has 1 saturated carbocycles. The first-order valence-corrected chi connectivity index (χ1v) is 14.5. The number of nitrogens with one attached hydrogen (secondary N) is 3. The number of aromatic nitrogens is 5. The summed E-state index contributed by atoms with van der Waals surface area (Å²) in [6.45, 7) is 8.17. The summed E-state index contributed by atoms with van der Waals surface area (Å²) in [5, 5.41) is 12.1. The Morgan fingerprint density at radius 1 is 1.26 bits per heavy atom. The highest BCUT2D eigenvalue weighted by atomic mass is 35.5. The highest BCUT2D eigenvalue weighted by Gasteiger charge is 2.23. The van der Waals surface area contributed by atoms with Gasteiger partial charge in [-0.05, 0) is 44.2 Å². The summed E-state index contributed by atoms with van der Waals surface area (Å²) in [6, 6.07) is 6.32. The molecule has 0 atom stereocenters. The predicted octanol–water partition coefficient (Wildman–Crippen LogP) is 1.71. The first kappa shape index (κ1) is 28.9. The van der Waals surface area contributed by atoms with Crippen molar-refractivity contribution in [2.75, 3.05) is 50.4 Å². The van der Waals surface area contributed by atoms with Crippen molar-refractivity contribution in [1.29, 1.82) is 0 Å². The Morgan fingerprint density at radius 2 is 2.05 bits per heavy atom. The molecule has 4 aromatic rings. The van der Waals surface area contributed by atoms with Crippen LogP contribution in [0.2, 0.25) is 5.02 Å². The summed E-state index contributed by atoms with van der Waals surface area (Å²) in [6.07, 6.45) is 5.65. The molecule has 0 amide bonds. The maximum absolute atomic E-state index is 14.5. The van der Waals surface area contributed by atoms with Crippen molar-refractivity contribution < 1.29 is 13.9 Å². The van der Waals surface area contributed by atoms with Gasteiger partial charge in [0.15, 0.2) is 12.4 Å². The number of anilines is 3. The van der Waals surface area contributed by atoms with Gasteiger partial charge in [0.05, 0.1) is 29.0 Å². The number of rotatable bonds is 10. The smallest absolute Gasteiger partial charge is 0.329 e. The summed E-state index contributed by atoms with van der Waals surface area (Å²) in [5.74, 6) is 0.220. The highest BCUT2D eigenvalue weighted by molar-refractivity contribution is 6.30. The zero-order chi connectivity index (χ0) is 30.1. The van der Waals surface area contributed by atoms with Crippen molar-refractivity contribution in [3.63, 3.8) is 0 Å². The van der Waals surface area contributed by atoms with Gasteiger partial charge in [0, 0.05) is 55.4 Å². The molecular weight excluding hydrogens is 577 g/mol. The Hall–Kier alpha value is -4.20. The average Bonchev–Trinajstić information content (AvgIpc) is 3.65. The molecule has 12 nitrogen and oxygen atoms in total. The monoisotopic (exact) mass is 609 g/mol. The van der Waals surface area contributed by atoms with Crippen LogP contribution in [-0.4, -0.2) is 85.7 Å². The van der Waals surface area contributed by atoms with E-state index in [4.69, 9.17) is 16.3 Å². The Labute approximate surface area is 251 Å². The van der Waals surface area contributed by atoms with Gasteiger partial charge in [-0.15, -0.1) is 0 Å². The molecule has 1 aliphatic carbocycles. The van der Waals surface area contributed by atoms with Crippen LogP contribution >= 0.6 is 11.6 Å². The predicted molar refractivity (Wildman–Crippen MR) is 162 cm³/mol. The number of hydrogen-bond acceptors (Lipinski definition) is 9. The SMILES string of the molecule is C=c1/c(=C/c2cnn3c(NC4CC4)cc(Nc4cc(Cl)ccc4F)nc23)[nH]c(=O)n1COC(=O)CCN1CCN(C)CC1. The number of likely N-dealkylation sites (N-methyl/N-ethyl adjacent to an activating group) is 1. The number of piperazine rings is 1. The summed E-state index contributed by atoms with van der Waals surface area (Å²) in [7, 11) is 2.08. The number of esters is 1. The standard InChI is InChI=1S/C29H33ClFN9O3/c1-18-23(35-29(42)39(18)17-43-27(41)7-8-38-11-9-37(2)10-12-38)13-19-16-32-40-26(33-21-4-5-21)15-25(36-28(19)40)34-24-14-20(30)3-6-22(24)31/h3,6,13-16,21,33H,1,4-5,7-12,17H2,2H3,(H,34,36)(H,35,42)/b23-13-. The van der Waals surface area contributed by atoms with Crippen LogP contribution in [0.1, 0.15) is 24.8 Å². The number of aromatic amines is 1. The summed E-state index contributed by atoms with van der Waals surface area (Å²) < 4.78 is 22.8. The van der Waals surface area contributed by atoms with E-state index in [1.54, 1.807) is 22.9 Å². The van der Waals surface area contributed by atoms with Gasteiger partial charge in [0.1, 0.15) is 17.5 Å². The molecule has 14 heteroatoms. The zero-order valence-corrected chi connectivity index (χ0v) is 24.5. The van der Waals surface area contributed by atoms with Gasteiger partial charge in [-0.3, -0.25) is 9.36 Å². The van der Waals surface area contributed by atoms with E-state index in [0.717, 1.165) is 39.0 Å². The molecule has 0 radical (unpaired) electrons. The maximum Gasteiger partial charge on any atom is 0.329 e. The fraction of sp³-hybridized carbons (Fsp3) is 0.379. The molecule has 1 saturated heterocycles. The van der Waals surface area contributed by atoms with E-state index in [0.29, 0.717) is 51.2 Å². The Balaban J connectivity index is 1.23. The molecule has 0 unspecified atom stereocenters. The van der Waals surface area contributed by atoms with Crippen molar-refractivity contribution >= 4 is 53.2 Å². The van der Waals surface area contributed by atoms with E-state index in [2.05, 4.69) is 49.1 Å². The number of imidazole rings is 1. The van der Waals surface area contributed by atoms with Crippen LogP contribution in [0.3, 0.4) is 0 Å². The number of carbonyl (C=O) groups is 1. The normalized spacial score (nSPS) is 16.6. The molecule has 3 aromatic heterocycles. The lowest BCUT2D eigenvalue weighted by molar-refractivity contribution is -0.148. The molecule has 1 aliphatic heterocycles. The minimum absolute atomic E-state index is 0.186. The molecule has 4 heterocycles. The van der Waals surface area contributed by atoms with Gasteiger partial charge in [-0.2, -0.15) is 9.61 Å². The first-order chi connectivity index (χ1) is 20.7. The van der Waals surface area contributed by atoms with Crippen LogP contribution < -0.4 is 27.0 Å². The van der Waals surface area contributed by atoms with Crippen molar-refractivity contribution in [3.8, 4) is 0 Å². The number of H-pyrrole nitrogens is 1. The van der Waals surface area contributed by atoms with Gasteiger partial charge in [-0.1, -0.05) is 18.2 Å². The van der Waals surface area contributed by atoms with Crippen molar-refractivity contribution in [3.05, 3.63) is 68.0 Å². The second-order valence-electron chi connectivity index (χ2n) is 10.9. The molecule has 0 spiro atoms. The minimum Gasteiger partial charge on any atom is -0.444 e. The Morgan fingerprint density at radius 3 is 2.81 bits per heavy atom. The molecule has 43 heavy (non-hydrogen) atoms. The second kappa shape index (κ2) is 12.2. The van der Waals surface area contributed by atoms with Crippen LogP contribution in [0, 0.1) is 5.82 Å². The van der Waals surface area contributed by atoms with Gasteiger partial charge in [0.25, 0.3) is 0 Å². The fourth-order valence-corrected chi connectivity index (χ4v) is 5.05. The number of benzene rings is 1. The van der Waals surface area contributed by atoms with E-state index in [1.807, 2.05) is 0 Å². The third kappa shape index (κ3) is 6.74. The summed E-state index contributed by atoms with van der Waals surface area (Å²) >= 11 is 6.08. The Kier molecular flexibility index (Phi) is 8.19. The lowest BCUT2D eigenvalue weighted by Crippen LogP contribution is -2.45. The largest absolute Gasteiger partial charge is 0.444 e. The van der Waals surface area contributed by atoms with Crippen LogP contribution in [0.15, 0.2) is 35.3 Å². The van der Waals surface area contributed by atoms with Gasteiger partial charge in [-0.25, -0.2) is 14.2 Å². The van der Waals surface area contributed by atoms with Crippen LogP contribution in [0.4, 0.5) is 21.7 Å². The number of fused-ring (bicyclic) bond motifs is 1. The molecule has 0 bridgehead atoms. The van der Waals surface area contributed by atoms with E-state index in [1.165, 1.54) is 22.8 Å². The topological polar surface area (TPSA) is 125 Å². The number of hydrogen-bond donors (Lipinski definition) is 3. The van der Waals surface area contributed by atoms with Gasteiger partial charge in [0.2, 0.25) is 0 Å². The first-order valence-electron chi connectivity index (χ1n) is 14.2. The van der Waals surface area contributed by atoms with Gasteiger partial charge < -0.3 is 30.2 Å². The van der Waals surface area contributed by atoms with Crippen LogP contribution in [-0.2, 0) is 16.3 Å².